The minimum absolute atomic E-state index is 0.0361. The average molecular weight is 389 g/mol. The Morgan fingerprint density at radius 3 is 2.27 bits per heavy atom. The molecule has 2 saturated carbocycles. The van der Waals surface area contributed by atoms with Crippen LogP contribution in [0.15, 0.2) is 0 Å². The number of hydrogen-bond acceptors (Lipinski definition) is 5. The molecule has 0 aliphatic heterocycles. The fraction of sp³-hybridized carbons (Fsp3) is 0.882. The summed E-state index contributed by atoms with van der Waals surface area (Å²) in [6.45, 7) is 0.104. The van der Waals surface area contributed by atoms with E-state index in [1.165, 1.54) is 6.42 Å². The topological polar surface area (TPSA) is 122 Å². The molecule has 0 radical (unpaired) electrons. The molecule has 0 spiro atoms. The van der Waals surface area contributed by atoms with Gasteiger partial charge < -0.3 is 16.0 Å². The lowest BCUT2D eigenvalue weighted by atomic mass is 9.81. The summed E-state index contributed by atoms with van der Waals surface area (Å²) in [5.74, 6) is 0.0359. The van der Waals surface area contributed by atoms with Crippen molar-refractivity contribution in [1.82, 2.24) is 14.9 Å². The summed E-state index contributed by atoms with van der Waals surface area (Å²) in [4.78, 5) is 26.2. The third-order valence-electron chi connectivity index (χ3n) is 5.62. The van der Waals surface area contributed by atoms with E-state index in [1.807, 2.05) is 11.9 Å². The zero-order chi connectivity index (χ0) is 19.3. The van der Waals surface area contributed by atoms with Crippen molar-refractivity contribution in [3.05, 3.63) is 0 Å². The maximum absolute atomic E-state index is 12.5. The van der Waals surface area contributed by atoms with Crippen molar-refractivity contribution >= 4 is 21.8 Å². The third-order valence-corrected chi connectivity index (χ3v) is 6.34. The monoisotopic (exact) mass is 388 g/mol. The number of hydrogen-bond donors (Lipinski definition) is 3. The molecule has 0 aromatic carbocycles. The highest BCUT2D eigenvalue weighted by atomic mass is 32.2. The number of carbonyl (C=O) groups is 2. The van der Waals surface area contributed by atoms with Gasteiger partial charge in [-0.05, 0) is 50.9 Å². The summed E-state index contributed by atoms with van der Waals surface area (Å²) in [5, 5.41) is 2.94. The molecular weight excluding hydrogens is 356 g/mol. The Balaban J connectivity index is 1.69. The van der Waals surface area contributed by atoms with Gasteiger partial charge in [0.25, 0.3) is 0 Å². The number of amides is 2. The predicted molar refractivity (Wildman–Crippen MR) is 99.7 cm³/mol. The van der Waals surface area contributed by atoms with E-state index in [1.54, 1.807) is 0 Å². The molecule has 150 valence electrons. The lowest BCUT2D eigenvalue weighted by Gasteiger charge is -2.38. The molecule has 26 heavy (non-hydrogen) atoms. The number of carbonyl (C=O) groups excluding carboxylic acids is 2. The van der Waals surface area contributed by atoms with Crippen LogP contribution in [0.1, 0.15) is 51.4 Å². The standard InChI is InChI=1S/C17H32N4O4S/c1-21(14-4-3-5-14)17(23)16(18)12-6-8-13(9-7-12)20-15(22)10-11-19-26(2,24)25/h12-14,16,19H,3-11,18H2,1-2H3,(H,20,22)/t12?,13?,16-/m0/s1. The molecule has 2 fully saturated rings. The second kappa shape index (κ2) is 9.14. The maximum atomic E-state index is 12.5. The summed E-state index contributed by atoms with van der Waals surface area (Å²) < 4.78 is 24.3. The van der Waals surface area contributed by atoms with Crippen LogP contribution in [0.25, 0.3) is 0 Å². The number of rotatable bonds is 8. The van der Waals surface area contributed by atoms with Crippen molar-refractivity contribution in [3.8, 4) is 0 Å². The Hall–Kier alpha value is -1.19. The number of nitrogens with one attached hydrogen (secondary N) is 2. The predicted octanol–water partition coefficient (Wildman–Crippen LogP) is -0.0611. The highest BCUT2D eigenvalue weighted by Crippen LogP contribution is 2.29. The molecule has 0 unspecified atom stereocenters. The zero-order valence-electron chi connectivity index (χ0n) is 15.7. The zero-order valence-corrected chi connectivity index (χ0v) is 16.6. The van der Waals surface area contributed by atoms with Crippen LogP contribution in [0, 0.1) is 5.92 Å². The quantitative estimate of drug-likeness (QED) is 0.538. The van der Waals surface area contributed by atoms with E-state index in [2.05, 4.69) is 10.0 Å². The van der Waals surface area contributed by atoms with Gasteiger partial charge in [0.1, 0.15) is 0 Å². The molecule has 0 heterocycles. The van der Waals surface area contributed by atoms with Gasteiger partial charge in [-0.25, -0.2) is 13.1 Å². The third kappa shape index (κ3) is 6.21. The van der Waals surface area contributed by atoms with Crippen LogP contribution < -0.4 is 15.8 Å². The van der Waals surface area contributed by atoms with Crippen LogP contribution in [0.3, 0.4) is 0 Å². The van der Waals surface area contributed by atoms with Gasteiger partial charge in [0.05, 0.1) is 12.3 Å². The first-order valence-corrected chi connectivity index (χ1v) is 11.3. The summed E-state index contributed by atoms with van der Waals surface area (Å²) in [6, 6.07) is -0.0374. The lowest BCUT2D eigenvalue weighted by molar-refractivity contribution is -0.136. The van der Waals surface area contributed by atoms with Gasteiger partial charge in [-0.15, -0.1) is 0 Å². The van der Waals surface area contributed by atoms with Gasteiger partial charge in [0, 0.05) is 32.1 Å². The highest BCUT2D eigenvalue weighted by molar-refractivity contribution is 7.88. The van der Waals surface area contributed by atoms with E-state index in [-0.39, 0.29) is 36.7 Å². The fourth-order valence-electron chi connectivity index (χ4n) is 3.66. The first-order chi connectivity index (χ1) is 12.2. The number of likely N-dealkylation sites (N-methyl/N-ethyl adjacent to an activating group) is 1. The minimum atomic E-state index is -3.27. The van der Waals surface area contributed by atoms with Gasteiger partial charge in [0.2, 0.25) is 21.8 Å². The van der Waals surface area contributed by atoms with Crippen molar-refractivity contribution < 1.29 is 18.0 Å². The van der Waals surface area contributed by atoms with Crippen molar-refractivity contribution in [2.75, 3.05) is 19.8 Å². The fourth-order valence-corrected chi connectivity index (χ4v) is 4.14. The normalized spacial score (nSPS) is 25.2. The molecular formula is C17H32N4O4S. The van der Waals surface area contributed by atoms with Crippen molar-refractivity contribution in [3.63, 3.8) is 0 Å². The second-order valence-corrected chi connectivity index (χ2v) is 9.49. The van der Waals surface area contributed by atoms with Gasteiger partial charge >= 0.3 is 0 Å². The van der Waals surface area contributed by atoms with E-state index < -0.39 is 16.1 Å². The van der Waals surface area contributed by atoms with E-state index >= 15 is 0 Å². The van der Waals surface area contributed by atoms with E-state index in [4.69, 9.17) is 5.73 Å². The Kier molecular flexibility index (Phi) is 7.42. The van der Waals surface area contributed by atoms with Crippen LogP contribution in [-0.2, 0) is 19.6 Å². The number of sulfonamides is 1. The van der Waals surface area contributed by atoms with Gasteiger partial charge in [0.15, 0.2) is 0 Å². The van der Waals surface area contributed by atoms with Crippen molar-refractivity contribution in [2.45, 2.75) is 69.5 Å². The van der Waals surface area contributed by atoms with Crippen LogP contribution >= 0.6 is 0 Å². The van der Waals surface area contributed by atoms with Gasteiger partial charge in [-0.2, -0.15) is 0 Å². The molecule has 2 rings (SSSR count). The Morgan fingerprint density at radius 2 is 1.77 bits per heavy atom. The molecule has 2 aliphatic carbocycles. The Labute approximate surface area is 156 Å². The van der Waals surface area contributed by atoms with E-state index in [0.29, 0.717) is 6.04 Å². The van der Waals surface area contributed by atoms with Crippen molar-refractivity contribution in [2.24, 2.45) is 11.7 Å². The molecule has 8 nitrogen and oxygen atoms in total. The number of nitrogens with zero attached hydrogens (tertiary/aromatic N) is 1. The molecule has 2 aliphatic rings. The van der Waals surface area contributed by atoms with Crippen LogP contribution in [0.5, 0.6) is 0 Å². The largest absolute Gasteiger partial charge is 0.353 e. The Bertz CT molecular complexity index is 598. The van der Waals surface area contributed by atoms with Crippen LogP contribution in [0.2, 0.25) is 0 Å². The second-order valence-electron chi connectivity index (χ2n) is 7.66. The summed E-state index contributed by atoms with van der Waals surface area (Å²) in [5.41, 5.74) is 6.22. The first kappa shape index (κ1) is 21.1. The average Bonchev–Trinajstić information content (AvgIpc) is 2.51. The molecule has 0 bridgehead atoms. The molecule has 1 atom stereocenters. The number of nitrogens with two attached hydrogens (primary N) is 1. The summed E-state index contributed by atoms with van der Waals surface area (Å²) in [7, 11) is -1.42. The van der Waals surface area contributed by atoms with E-state index in [0.717, 1.165) is 44.8 Å². The molecule has 4 N–H and O–H groups in total. The summed E-state index contributed by atoms with van der Waals surface area (Å²) in [6.07, 6.45) is 7.74. The van der Waals surface area contributed by atoms with Crippen molar-refractivity contribution in [1.29, 1.82) is 0 Å². The molecule has 0 aromatic rings. The van der Waals surface area contributed by atoms with Gasteiger partial charge in [-0.1, -0.05) is 0 Å². The summed E-state index contributed by atoms with van der Waals surface area (Å²) >= 11 is 0. The Morgan fingerprint density at radius 1 is 1.15 bits per heavy atom. The SMILES string of the molecule is CN(C(=O)[C@@H](N)C1CCC(NC(=O)CCNS(C)(=O)=O)CC1)C1CCC1. The lowest BCUT2D eigenvalue weighted by Crippen LogP contribution is -2.52. The molecule has 0 aromatic heterocycles. The highest BCUT2D eigenvalue weighted by Gasteiger charge is 2.34. The van der Waals surface area contributed by atoms with Gasteiger partial charge in [-0.3, -0.25) is 9.59 Å². The van der Waals surface area contributed by atoms with Crippen LogP contribution in [-0.4, -0.2) is 63.1 Å². The first-order valence-electron chi connectivity index (χ1n) is 9.43. The van der Waals surface area contributed by atoms with Crippen LogP contribution in [0.4, 0.5) is 0 Å². The molecule has 9 heteroatoms. The minimum Gasteiger partial charge on any atom is -0.353 e. The molecule has 0 saturated heterocycles. The smallest absolute Gasteiger partial charge is 0.239 e. The van der Waals surface area contributed by atoms with E-state index in [9.17, 15) is 18.0 Å². The maximum Gasteiger partial charge on any atom is 0.239 e. The molecule has 2 amide bonds.